The molecule has 1 aromatic heterocycles. The number of benzene rings is 1. The van der Waals surface area contributed by atoms with Gasteiger partial charge in [0.05, 0.1) is 0 Å². The molecule has 0 radical (unpaired) electrons. The van der Waals surface area contributed by atoms with Gasteiger partial charge in [-0.05, 0) is 24.5 Å². The lowest BCUT2D eigenvalue weighted by molar-refractivity contribution is -0.118. The minimum atomic E-state index is -0.635. The summed E-state index contributed by atoms with van der Waals surface area (Å²) < 4.78 is 1.60. The van der Waals surface area contributed by atoms with Crippen molar-refractivity contribution in [2.75, 3.05) is 5.32 Å². The number of rotatable bonds is 5. The fourth-order valence-corrected chi connectivity index (χ4v) is 2.27. The lowest BCUT2D eigenvalue weighted by atomic mass is 10.0. The standard InChI is InChI=1S/C17H22N4O2/c1-11(2)15(17(23)18-14-9-10-21(4)20-14)19-16(22)13-8-6-5-7-12(13)3/h5-11,15H,1-4H3,(H,19,22)(H,18,20,23). The normalized spacial score (nSPS) is 12.0. The predicted octanol–water partition coefficient (Wildman–Crippen LogP) is 2.12. The molecule has 0 aliphatic carbocycles. The van der Waals surface area contributed by atoms with E-state index in [0.717, 1.165) is 5.56 Å². The minimum absolute atomic E-state index is 0.0494. The van der Waals surface area contributed by atoms with E-state index >= 15 is 0 Å². The van der Waals surface area contributed by atoms with E-state index in [-0.39, 0.29) is 17.7 Å². The molecule has 0 saturated carbocycles. The van der Waals surface area contributed by atoms with Crippen molar-refractivity contribution in [2.45, 2.75) is 26.8 Å². The topological polar surface area (TPSA) is 76.0 Å². The predicted molar refractivity (Wildman–Crippen MR) is 89.1 cm³/mol. The SMILES string of the molecule is Cc1ccccc1C(=O)NC(C(=O)Nc1ccn(C)n1)C(C)C. The van der Waals surface area contributed by atoms with Crippen LogP contribution in [0.3, 0.4) is 0 Å². The Kier molecular flexibility index (Phi) is 5.16. The van der Waals surface area contributed by atoms with Gasteiger partial charge in [0, 0.05) is 24.9 Å². The Morgan fingerprint density at radius 3 is 2.43 bits per heavy atom. The highest BCUT2D eigenvalue weighted by Gasteiger charge is 2.25. The highest BCUT2D eigenvalue weighted by molar-refractivity contribution is 6.01. The van der Waals surface area contributed by atoms with Crippen LogP contribution in [-0.2, 0) is 11.8 Å². The van der Waals surface area contributed by atoms with Gasteiger partial charge >= 0.3 is 0 Å². The third-order valence-electron chi connectivity index (χ3n) is 3.59. The number of carbonyl (C=O) groups excluding carboxylic acids is 2. The maximum Gasteiger partial charge on any atom is 0.252 e. The zero-order chi connectivity index (χ0) is 17.0. The van der Waals surface area contributed by atoms with Crippen LogP contribution in [0.2, 0.25) is 0 Å². The largest absolute Gasteiger partial charge is 0.340 e. The summed E-state index contributed by atoms with van der Waals surface area (Å²) in [6.07, 6.45) is 1.74. The molecular weight excluding hydrogens is 292 g/mol. The van der Waals surface area contributed by atoms with E-state index in [0.29, 0.717) is 11.4 Å². The van der Waals surface area contributed by atoms with Crippen LogP contribution in [0.15, 0.2) is 36.5 Å². The smallest absolute Gasteiger partial charge is 0.252 e. The summed E-state index contributed by atoms with van der Waals surface area (Å²) in [5.41, 5.74) is 1.45. The van der Waals surface area contributed by atoms with Crippen molar-refractivity contribution in [1.29, 1.82) is 0 Å². The molecular formula is C17H22N4O2. The number of hydrogen-bond acceptors (Lipinski definition) is 3. The lowest BCUT2D eigenvalue weighted by Crippen LogP contribution is -2.47. The number of aryl methyl sites for hydroxylation is 2. The van der Waals surface area contributed by atoms with Gasteiger partial charge in [0.1, 0.15) is 6.04 Å². The molecule has 6 nitrogen and oxygen atoms in total. The molecule has 2 aromatic rings. The minimum Gasteiger partial charge on any atom is -0.340 e. The van der Waals surface area contributed by atoms with Crippen molar-refractivity contribution in [1.82, 2.24) is 15.1 Å². The number of hydrogen-bond donors (Lipinski definition) is 2. The number of aromatic nitrogens is 2. The average molecular weight is 314 g/mol. The number of nitrogens with zero attached hydrogens (tertiary/aromatic N) is 2. The van der Waals surface area contributed by atoms with Crippen LogP contribution in [-0.4, -0.2) is 27.6 Å². The second kappa shape index (κ2) is 7.09. The number of nitrogens with one attached hydrogen (secondary N) is 2. The van der Waals surface area contributed by atoms with Crippen LogP contribution < -0.4 is 10.6 Å². The molecule has 122 valence electrons. The van der Waals surface area contributed by atoms with E-state index in [1.165, 1.54) is 0 Å². The van der Waals surface area contributed by atoms with Crippen LogP contribution in [0.1, 0.15) is 29.8 Å². The second-order valence-corrected chi connectivity index (χ2v) is 5.87. The van der Waals surface area contributed by atoms with Gasteiger partial charge in [-0.3, -0.25) is 14.3 Å². The van der Waals surface area contributed by atoms with Gasteiger partial charge in [-0.25, -0.2) is 0 Å². The Morgan fingerprint density at radius 1 is 1.17 bits per heavy atom. The van der Waals surface area contributed by atoms with E-state index in [9.17, 15) is 9.59 Å². The number of anilines is 1. The van der Waals surface area contributed by atoms with Gasteiger partial charge < -0.3 is 10.6 Å². The molecule has 1 heterocycles. The Bertz CT molecular complexity index is 706. The first-order valence-corrected chi connectivity index (χ1v) is 7.55. The summed E-state index contributed by atoms with van der Waals surface area (Å²) in [6, 6.07) is 8.37. The van der Waals surface area contributed by atoms with Gasteiger partial charge in [0.2, 0.25) is 5.91 Å². The fourth-order valence-electron chi connectivity index (χ4n) is 2.27. The summed E-state index contributed by atoms with van der Waals surface area (Å²) in [5.74, 6) is -0.112. The van der Waals surface area contributed by atoms with E-state index in [2.05, 4.69) is 15.7 Å². The van der Waals surface area contributed by atoms with Crippen LogP contribution in [0.25, 0.3) is 0 Å². The van der Waals surface area contributed by atoms with Crippen LogP contribution in [0.5, 0.6) is 0 Å². The Labute approximate surface area is 135 Å². The molecule has 2 rings (SSSR count). The molecule has 23 heavy (non-hydrogen) atoms. The van der Waals surface area contributed by atoms with Gasteiger partial charge in [-0.1, -0.05) is 32.0 Å². The molecule has 1 atom stereocenters. The third-order valence-corrected chi connectivity index (χ3v) is 3.59. The van der Waals surface area contributed by atoms with Gasteiger partial charge in [0.15, 0.2) is 5.82 Å². The maximum absolute atomic E-state index is 12.4. The van der Waals surface area contributed by atoms with Crippen molar-refractivity contribution in [2.24, 2.45) is 13.0 Å². The summed E-state index contributed by atoms with van der Waals surface area (Å²) >= 11 is 0. The lowest BCUT2D eigenvalue weighted by Gasteiger charge is -2.21. The first-order chi connectivity index (χ1) is 10.9. The summed E-state index contributed by atoms with van der Waals surface area (Å²) in [6.45, 7) is 5.65. The van der Waals surface area contributed by atoms with Crippen molar-refractivity contribution >= 4 is 17.6 Å². The van der Waals surface area contributed by atoms with Crippen molar-refractivity contribution in [3.05, 3.63) is 47.7 Å². The number of carbonyl (C=O) groups is 2. The average Bonchev–Trinajstić information content (AvgIpc) is 2.89. The van der Waals surface area contributed by atoms with Gasteiger partial charge in [0.25, 0.3) is 5.91 Å². The third kappa shape index (κ3) is 4.18. The van der Waals surface area contributed by atoms with Crippen molar-refractivity contribution < 1.29 is 9.59 Å². The molecule has 2 N–H and O–H groups in total. The Balaban J connectivity index is 2.10. The first-order valence-electron chi connectivity index (χ1n) is 7.55. The van der Waals surface area contributed by atoms with Crippen molar-refractivity contribution in [3.63, 3.8) is 0 Å². The molecule has 6 heteroatoms. The molecule has 0 spiro atoms. The van der Waals surface area contributed by atoms with Crippen molar-refractivity contribution in [3.8, 4) is 0 Å². The molecule has 0 aliphatic rings. The number of amides is 2. The van der Waals surface area contributed by atoms with E-state index in [4.69, 9.17) is 0 Å². The fraction of sp³-hybridized carbons (Fsp3) is 0.353. The molecule has 2 amide bonds. The summed E-state index contributed by atoms with van der Waals surface area (Å²) in [7, 11) is 1.77. The molecule has 0 fully saturated rings. The molecule has 1 aromatic carbocycles. The van der Waals surface area contributed by atoms with Gasteiger partial charge in [-0.15, -0.1) is 0 Å². The highest BCUT2D eigenvalue weighted by atomic mass is 16.2. The van der Waals surface area contributed by atoms with Crippen LogP contribution in [0.4, 0.5) is 5.82 Å². The van der Waals surface area contributed by atoms with Crippen LogP contribution in [0, 0.1) is 12.8 Å². The summed E-state index contributed by atoms with van der Waals surface area (Å²) in [5, 5.41) is 9.66. The first kappa shape index (κ1) is 16.7. The zero-order valence-electron chi connectivity index (χ0n) is 13.8. The second-order valence-electron chi connectivity index (χ2n) is 5.87. The quantitative estimate of drug-likeness (QED) is 0.887. The van der Waals surface area contributed by atoms with Gasteiger partial charge in [-0.2, -0.15) is 5.10 Å². The molecule has 1 unspecified atom stereocenters. The maximum atomic E-state index is 12.4. The zero-order valence-corrected chi connectivity index (χ0v) is 13.8. The molecule has 0 saturated heterocycles. The monoisotopic (exact) mass is 314 g/mol. The Morgan fingerprint density at radius 2 is 1.87 bits per heavy atom. The highest BCUT2D eigenvalue weighted by Crippen LogP contribution is 2.11. The van der Waals surface area contributed by atoms with E-state index < -0.39 is 6.04 Å². The Hall–Kier alpha value is -2.63. The summed E-state index contributed by atoms with van der Waals surface area (Å²) in [4.78, 5) is 24.9. The molecule has 0 aliphatic heterocycles. The van der Waals surface area contributed by atoms with E-state index in [1.54, 1.807) is 36.1 Å². The molecule has 0 bridgehead atoms. The van der Waals surface area contributed by atoms with E-state index in [1.807, 2.05) is 32.9 Å². The van der Waals surface area contributed by atoms with Crippen LogP contribution >= 0.6 is 0 Å².